The Hall–Kier alpha value is -2.50. The van der Waals surface area contributed by atoms with Gasteiger partial charge in [0.05, 0.1) is 6.67 Å². The van der Waals surface area contributed by atoms with Crippen molar-refractivity contribution in [2.45, 2.75) is 6.54 Å². The van der Waals surface area contributed by atoms with Crippen molar-refractivity contribution in [3.05, 3.63) is 36.2 Å². The highest BCUT2D eigenvalue weighted by Gasteiger charge is 2.15. The van der Waals surface area contributed by atoms with Crippen molar-refractivity contribution < 1.29 is 5.11 Å². The number of phenols is 1. The lowest BCUT2D eigenvalue weighted by atomic mass is 10.2. The molecule has 1 aromatic carbocycles. The smallest absolute Gasteiger partial charge is 0.156 e. The van der Waals surface area contributed by atoms with Crippen molar-refractivity contribution in [3.8, 4) is 5.75 Å². The van der Waals surface area contributed by atoms with Crippen LogP contribution in [0.5, 0.6) is 5.75 Å². The second-order valence-electron chi connectivity index (χ2n) is 4.00. The summed E-state index contributed by atoms with van der Waals surface area (Å²) in [7, 11) is 0. The summed E-state index contributed by atoms with van der Waals surface area (Å²) < 4.78 is 0. The molecule has 1 aromatic heterocycles. The van der Waals surface area contributed by atoms with Crippen molar-refractivity contribution >= 4 is 17.3 Å². The largest absolute Gasteiger partial charge is 0.508 e. The number of nitrogens with zero attached hydrogens (tertiary/aromatic N) is 2. The minimum Gasteiger partial charge on any atom is -0.508 e. The fourth-order valence-corrected chi connectivity index (χ4v) is 1.84. The van der Waals surface area contributed by atoms with Crippen LogP contribution in [0, 0.1) is 0 Å². The maximum Gasteiger partial charge on any atom is 0.156 e. The van der Waals surface area contributed by atoms with E-state index >= 15 is 0 Å². The van der Waals surface area contributed by atoms with E-state index in [0.29, 0.717) is 13.2 Å². The molecule has 2 aromatic rings. The van der Waals surface area contributed by atoms with Gasteiger partial charge >= 0.3 is 0 Å². The zero-order chi connectivity index (χ0) is 12.4. The fourth-order valence-electron chi connectivity index (χ4n) is 1.84. The number of aromatic nitrogens is 2. The van der Waals surface area contributed by atoms with Gasteiger partial charge in [-0.1, -0.05) is 12.1 Å². The Morgan fingerprint density at radius 2 is 2.00 bits per heavy atom. The van der Waals surface area contributed by atoms with E-state index in [1.165, 1.54) is 6.33 Å². The highest BCUT2D eigenvalue weighted by molar-refractivity contribution is 5.79. The monoisotopic (exact) mass is 243 g/mol. The van der Waals surface area contributed by atoms with Crippen LogP contribution in [-0.2, 0) is 6.54 Å². The number of anilines is 3. The van der Waals surface area contributed by atoms with Crippen LogP contribution in [0.15, 0.2) is 30.6 Å². The molecule has 0 fully saturated rings. The third kappa shape index (κ3) is 2.00. The standard InChI is InChI=1S/C12H13N5O/c18-9-3-1-8(2-4-9)5-13-11-10-12(15-6-14-10)17-7-16-11/h1-4,7,14,18H,5-6H2,(H2,13,15,16,17). The van der Waals surface area contributed by atoms with Gasteiger partial charge in [-0.3, -0.25) is 0 Å². The Balaban J connectivity index is 1.74. The third-order valence-corrected chi connectivity index (χ3v) is 2.76. The van der Waals surface area contributed by atoms with E-state index in [-0.39, 0.29) is 5.75 Å². The second-order valence-corrected chi connectivity index (χ2v) is 4.00. The summed E-state index contributed by atoms with van der Waals surface area (Å²) in [5, 5.41) is 18.7. The Morgan fingerprint density at radius 3 is 2.83 bits per heavy atom. The van der Waals surface area contributed by atoms with Crippen LogP contribution >= 0.6 is 0 Å². The molecule has 1 aliphatic rings. The zero-order valence-corrected chi connectivity index (χ0v) is 9.64. The maximum absolute atomic E-state index is 9.21. The SMILES string of the molecule is Oc1ccc(CNc2ncnc3c2NCN3)cc1. The molecule has 0 saturated heterocycles. The van der Waals surface area contributed by atoms with Gasteiger partial charge in [0, 0.05) is 6.54 Å². The molecule has 0 bridgehead atoms. The lowest BCUT2D eigenvalue weighted by Gasteiger charge is -2.09. The van der Waals surface area contributed by atoms with E-state index in [1.807, 2.05) is 12.1 Å². The van der Waals surface area contributed by atoms with Crippen LogP contribution in [0.1, 0.15) is 5.56 Å². The summed E-state index contributed by atoms with van der Waals surface area (Å²) in [5.74, 6) is 1.86. The summed E-state index contributed by atoms with van der Waals surface area (Å²) >= 11 is 0. The van der Waals surface area contributed by atoms with Crippen LogP contribution < -0.4 is 16.0 Å². The van der Waals surface area contributed by atoms with Gasteiger partial charge < -0.3 is 21.1 Å². The molecule has 2 heterocycles. The molecule has 0 aliphatic carbocycles. The first-order chi connectivity index (χ1) is 8.83. The molecule has 3 rings (SSSR count). The molecule has 0 atom stereocenters. The van der Waals surface area contributed by atoms with E-state index in [1.54, 1.807) is 12.1 Å². The average Bonchev–Trinajstić information content (AvgIpc) is 2.87. The second kappa shape index (κ2) is 4.40. The Bertz CT molecular complexity index is 555. The van der Waals surface area contributed by atoms with Crippen LogP contribution in [-0.4, -0.2) is 21.7 Å². The molecular formula is C12H13N5O. The molecule has 18 heavy (non-hydrogen) atoms. The van der Waals surface area contributed by atoms with Gasteiger partial charge in [-0.2, -0.15) is 0 Å². The Morgan fingerprint density at radius 1 is 1.17 bits per heavy atom. The van der Waals surface area contributed by atoms with Crippen LogP contribution in [0.4, 0.5) is 17.3 Å². The molecule has 4 N–H and O–H groups in total. The first-order valence-electron chi connectivity index (χ1n) is 5.67. The predicted molar refractivity (Wildman–Crippen MR) is 69.6 cm³/mol. The number of benzene rings is 1. The third-order valence-electron chi connectivity index (χ3n) is 2.76. The van der Waals surface area contributed by atoms with E-state index in [4.69, 9.17) is 0 Å². The van der Waals surface area contributed by atoms with Crippen molar-refractivity contribution in [1.29, 1.82) is 0 Å². The number of nitrogens with one attached hydrogen (secondary N) is 3. The van der Waals surface area contributed by atoms with Gasteiger partial charge in [-0.05, 0) is 17.7 Å². The van der Waals surface area contributed by atoms with Crippen LogP contribution in [0.25, 0.3) is 0 Å². The number of rotatable bonds is 3. The van der Waals surface area contributed by atoms with Gasteiger partial charge in [0.1, 0.15) is 17.8 Å². The van der Waals surface area contributed by atoms with E-state index in [0.717, 1.165) is 22.9 Å². The summed E-state index contributed by atoms with van der Waals surface area (Å²) in [6.45, 7) is 1.31. The molecule has 0 saturated carbocycles. The lowest BCUT2D eigenvalue weighted by molar-refractivity contribution is 0.475. The van der Waals surface area contributed by atoms with Crippen molar-refractivity contribution in [2.24, 2.45) is 0 Å². The van der Waals surface area contributed by atoms with E-state index in [9.17, 15) is 5.11 Å². The predicted octanol–water partition coefficient (Wildman–Crippen LogP) is 1.59. The summed E-state index contributed by atoms with van der Waals surface area (Å²) in [4.78, 5) is 8.34. The molecule has 6 nitrogen and oxygen atoms in total. The van der Waals surface area contributed by atoms with Gasteiger partial charge in [0.25, 0.3) is 0 Å². The summed E-state index contributed by atoms with van der Waals surface area (Å²) in [5.41, 5.74) is 1.97. The minimum absolute atomic E-state index is 0.271. The molecule has 0 amide bonds. The minimum atomic E-state index is 0.271. The molecule has 0 radical (unpaired) electrons. The van der Waals surface area contributed by atoms with Crippen molar-refractivity contribution in [3.63, 3.8) is 0 Å². The normalized spacial score (nSPS) is 12.4. The molecule has 92 valence electrons. The first kappa shape index (κ1) is 10.6. The maximum atomic E-state index is 9.21. The fraction of sp³-hybridized carbons (Fsp3) is 0.167. The van der Waals surface area contributed by atoms with Crippen LogP contribution in [0.2, 0.25) is 0 Å². The number of phenolic OH excluding ortho intramolecular Hbond substituents is 1. The first-order valence-corrected chi connectivity index (χ1v) is 5.67. The number of hydrogen-bond donors (Lipinski definition) is 4. The molecule has 0 unspecified atom stereocenters. The van der Waals surface area contributed by atoms with Gasteiger partial charge in [-0.15, -0.1) is 0 Å². The molecule has 0 spiro atoms. The topological polar surface area (TPSA) is 82.1 Å². The van der Waals surface area contributed by atoms with Gasteiger partial charge in [0.15, 0.2) is 11.6 Å². The highest BCUT2D eigenvalue weighted by Crippen LogP contribution is 2.29. The van der Waals surface area contributed by atoms with Crippen molar-refractivity contribution in [2.75, 3.05) is 22.6 Å². The molecular weight excluding hydrogens is 230 g/mol. The molecule has 6 heteroatoms. The van der Waals surface area contributed by atoms with Crippen molar-refractivity contribution in [1.82, 2.24) is 9.97 Å². The zero-order valence-electron chi connectivity index (χ0n) is 9.64. The summed E-state index contributed by atoms with van der Waals surface area (Å²) in [6, 6.07) is 7.08. The lowest BCUT2D eigenvalue weighted by Crippen LogP contribution is -2.04. The van der Waals surface area contributed by atoms with Gasteiger partial charge in [0.2, 0.25) is 0 Å². The molecule has 1 aliphatic heterocycles. The number of fused-ring (bicyclic) bond motifs is 1. The highest BCUT2D eigenvalue weighted by atomic mass is 16.3. The average molecular weight is 243 g/mol. The van der Waals surface area contributed by atoms with E-state index in [2.05, 4.69) is 25.9 Å². The summed E-state index contributed by atoms with van der Waals surface area (Å²) in [6.07, 6.45) is 1.53. The quantitative estimate of drug-likeness (QED) is 0.655. The Labute approximate surface area is 104 Å². The van der Waals surface area contributed by atoms with Crippen LogP contribution in [0.3, 0.4) is 0 Å². The van der Waals surface area contributed by atoms with E-state index < -0.39 is 0 Å². The van der Waals surface area contributed by atoms with Gasteiger partial charge in [-0.25, -0.2) is 9.97 Å². The number of aromatic hydroxyl groups is 1. The number of hydrogen-bond acceptors (Lipinski definition) is 6. The Kier molecular flexibility index (Phi) is 2.60.